The molecule has 18 heavy (non-hydrogen) atoms. The minimum absolute atomic E-state index is 0.313. The monoisotopic (exact) mass is 253 g/mol. The van der Waals surface area contributed by atoms with Crippen molar-refractivity contribution in [1.29, 1.82) is 0 Å². The molecule has 4 unspecified atom stereocenters. The van der Waals surface area contributed by atoms with Gasteiger partial charge in [0, 0.05) is 18.1 Å². The third kappa shape index (κ3) is 2.91. The summed E-state index contributed by atoms with van der Waals surface area (Å²) in [6.45, 7) is 11.3. The van der Waals surface area contributed by atoms with Gasteiger partial charge in [0.05, 0.1) is 6.10 Å². The van der Waals surface area contributed by atoms with Crippen LogP contribution in [0, 0.1) is 17.3 Å². The van der Waals surface area contributed by atoms with Crippen LogP contribution >= 0.6 is 0 Å². The molecule has 1 N–H and O–H groups in total. The first-order valence-corrected chi connectivity index (χ1v) is 7.90. The first-order chi connectivity index (χ1) is 8.55. The van der Waals surface area contributed by atoms with E-state index in [0.29, 0.717) is 17.6 Å². The SMILES string of the molecule is CCOC1CC(NCC2CCCCC2C)C1(C)C. The average Bonchev–Trinajstić information content (AvgIpc) is 2.35. The van der Waals surface area contributed by atoms with Gasteiger partial charge < -0.3 is 10.1 Å². The van der Waals surface area contributed by atoms with Crippen LogP contribution in [0.4, 0.5) is 0 Å². The van der Waals surface area contributed by atoms with Crippen molar-refractivity contribution in [2.24, 2.45) is 17.3 Å². The third-order valence-electron chi connectivity index (χ3n) is 5.46. The minimum Gasteiger partial charge on any atom is -0.378 e. The lowest BCUT2D eigenvalue weighted by Gasteiger charge is -2.52. The highest BCUT2D eigenvalue weighted by molar-refractivity contribution is 5.03. The summed E-state index contributed by atoms with van der Waals surface area (Å²) in [7, 11) is 0. The summed E-state index contributed by atoms with van der Waals surface area (Å²) in [5.41, 5.74) is 0.313. The molecule has 0 heterocycles. The predicted octanol–water partition coefficient (Wildman–Crippen LogP) is 3.61. The van der Waals surface area contributed by atoms with E-state index >= 15 is 0 Å². The zero-order valence-corrected chi connectivity index (χ0v) is 12.7. The fourth-order valence-corrected chi connectivity index (χ4v) is 3.71. The molecule has 0 aromatic heterocycles. The molecule has 0 bridgehead atoms. The Balaban J connectivity index is 1.74. The van der Waals surface area contributed by atoms with Crippen molar-refractivity contribution in [2.75, 3.05) is 13.2 Å². The summed E-state index contributed by atoms with van der Waals surface area (Å²) >= 11 is 0. The number of hydrogen-bond acceptors (Lipinski definition) is 2. The molecule has 2 heteroatoms. The van der Waals surface area contributed by atoms with Crippen LogP contribution in [0.5, 0.6) is 0 Å². The maximum Gasteiger partial charge on any atom is 0.0655 e. The van der Waals surface area contributed by atoms with Gasteiger partial charge in [0.1, 0.15) is 0 Å². The second-order valence-corrected chi connectivity index (χ2v) is 6.98. The summed E-state index contributed by atoms with van der Waals surface area (Å²) in [4.78, 5) is 0. The lowest BCUT2D eigenvalue weighted by molar-refractivity contribution is -0.115. The van der Waals surface area contributed by atoms with Gasteiger partial charge in [-0.25, -0.2) is 0 Å². The van der Waals surface area contributed by atoms with Crippen molar-refractivity contribution in [3.05, 3.63) is 0 Å². The van der Waals surface area contributed by atoms with Gasteiger partial charge >= 0.3 is 0 Å². The Labute approximate surface area is 113 Å². The Morgan fingerprint density at radius 3 is 2.56 bits per heavy atom. The van der Waals surface area contributed by atoms with E-state index < -0.39 is 0 Å². The lowest BCUT2D eigenvalue weighted by atomic mass is 9.64. The van der Waals surface area contributed by atoms with E-state index in [-0.39, 0.29) is 0 Å². The number of rotatable bonds is 5. The van der Waals surface area contributed by atoms with Gasteiger partial charge in [-0.2, -0.15) is 0 Å². The highest BCUT2D eigenvalue weighted by atomic mass is 16.5. The summed E-state index contributed by atoms with van der Waals surface area (Å²) in [6.07, 6.45) is 7.40. The number of ether oxygens (including phenoxy) is 1. The molecule has 2 rings (SSSR count). The second-order valence-electron chi connectivity index (χ2n) is 6.98. The van der Waals surface area contributed by atoms with Crippen LogP contribution in [0.15, 0.2) is 0 Å². The van der Waals surface area contributed by atoms with E-state index in [0.717, 1.165) is 18.4 Å². The molecular weight excluding hydrogens is 222 g/mol. The van der Waals surface area contributed by atoms with Gasteiger partial charge in [-0.05, 0) is 38.1 Å². The van der Waals surface area contributed by atoms with Crippen molar-refractivity contribution >= 4 is 0 Å². The molecule has 0 aromatic carbocycles. The van der Waals surface area contributed by atoms with Crippen LogP contribution in [0.3, 0.4) is 0 Å². The lowest BCUT2D eigenvalue weighted by Crippen LogP contribution is -2.61. The fraction of sp³-hybridized carbons (Fsp3) is 1.00. The van der Waals surface area contributed by atoms with Crippen LogP contribution in [0.25, 0.3) is 0 Å². The van der Waals surface area contributed by atoms with Crippen molar-refractivity contribution in [3.8, 4) is 0 Å². The van der Waals surface area contributed by atoms with Gasteiger partial charge in [-0.3, -0.25) is 0 Å². The fourth-order valence-electron chi connectivity index (χ4n) is 3.71. The van der Waals surface area contributed by atoms with Crippen LogP contribution in [-0.4, -0.2) is 25.3 Å². The van der Waals surface area contributed by atoms with Crippen LogP contribution in [-0.2, 0) is 4.74 Å². The molecule has 0 aliphatic heterocycles. The molecular formula is C16H31NO. The Morgan fingerprint density at radius 1 is 1.22 bits per heavy atom. The van der Waals surface area contributed by atoms with Crippen LogP contribution in [0.2, 0.25) is 0 Å². The highest BCUT2D eigenvalue weighted by Gasteiger charge is 2.48. The summed E-state index contributed by atoms with van der Waals surface area (Å²) in [5, 5.41) is 3.82. The molecule has 0 saturated heterocycles. The van der Waals surface area contributed by atoms with Gasteiger partial charge in [0.25, 0.3) is 0 Å². The van der Waals surface area contributed by atoms with Gasteiger partial charge in [-0.1, -0.05) is 40.0 Å². The molecule has 0 amide bonds. The number of hydrogen-bond donors (Lipinski definition) is 1. The zero-order valence-electron chi connectivity index (χ0n) is 12.7. The standard InChI is InChI=1S/C16H31NO/c1-5-18-15-10-14(16(15,3)4)17-11-13-9-7-6-8-12(13)2/h12-15,17H,5-11H2,1-4H3. The second kappa shape index (κ2) is 5.92. The molecule has 0 radical (unpaired) electrons. The van der Waals surface area contributed by atoms with Gasteiger partial charge in [0.15, 0.2) is 0 Å². The molecule has 4 atom stereocenters. The van der Waals surface area contributed by atoms with Gasteiger partial charge in [0.2, 0.25) is 0 Å². The van der Waals surface area contributed by atoms with Crippen molar-refractivity contribution < 1.29 is 4.74 Å². The molecule has 0 spiro atoms. The van der Waals surface area contributed by atoms with E-state index in [4.69, 9.17) is 4.74 Å². The topological polar surface area (TPSA) is 21.3 Å². The largest absolute Gasteiger partial charge is 0.378 e. The van der Waals surface area contributed by atoms with Crippen LogP contribution in [0.1, 0.15) is 59.8 Å². The quantitative estimate of drug-likeness (QED) is 0.808. The molecule has 106 valence electrons. The predicted molar refractivity (Wildman–Crippen MR) is 76.7 cm³/mol. The summed E-state index contributed by atoms with van der Waals surface area (Å²) in [6, 6.07) is 0.656. The van der Waals surface area contributed by atoms with Gasteiger partial charge in [-0.15, -0.1) is 0 Å². The maximum atomic E-state index is 5.80. The molecule has 2 aliphatic carbocycles. The Morgan fingerprint density at radius 2 is 1.94 bits per heavy atom. The summed E-state index contributed by atoms with van der Waals surface area (Å²) in [5.74, 6) is 1.82. The maximum absolute atomic E-state index is 5.80. The van der Waals surface area contributed by atoms with Crippen molar-refractivity contribution in [3.63, 3.8) is 0 Å². The average molecular weight is 253 g/mol. The molecule has 2 fully saturated rings. The first-order valence-electron chi connectivity index (χ1n) is 7.90. The Bertz CT molecular complexity index is 264. The van der Waals surface area contributed by atoms with E-state index in [1.54, 1.807) is 0 Å². The zero-order chi connectivity index (χ0) is 13.2. The van der Waals surface area contributed by atoms with E-state index in [2.05, 4.69) is 33.0 Å². The highest BCUT2D eigenvalue weighted by Crippen LogP contribution is 2.43. The van der Waals surface area contributed by atoms with Crippen molar-refractivity contribution in [1.82, 2.24) is 5.32 Å². The van der Waals surface area contributed by atoms with Crippen LogP contribution < -0.4 is 5.32 Å². The van der Waals surface area contributed by atoms with E-state index in [1.165, 1.54) is 38.6 Å². The minimum atomic E-state index is 0.313. The third-order valence-corrected chi connectivity index (χ3v) is 5.46. The molecule has 2 saturated carbocycles. The molecule has 0 aromatic rings. The smallest absolute Gasteiger partial charge is 0.0655 e. The number of nitrogens with one attached hydrogen (secondary N) is 1. The van der Waals surface area contributed by atoms with E-state index in [1.807, 2.05) is 0 Å². The Hall–Kier alpha value is -0.0800. The first kappa shape index (κ1) is 14.3. The van der Waals surface area contributed by atoms with Crippen molar-refractivity contribution in [2.45, 2.75) is 71.9 Å². The van der Waals surface area contributed by atoms with E-state index in [9.17, 15) is 0 Å². The Kier molecular flexibility index (Phi) is 4.71. The normalized spacial score (nSPS) is 39.3. The summed E-state index contributed by atoms with van der Waals surface area (Å²) < 4.78 is 5.80. The molecule has 2 nitrogen and oxygen atoms in total. The molecule has 2 aliphatic rings.